The van der Waals surface area contributed by atoms with Crippen LogP contribution in [0.3, 0.4) is 0 Å². The lowest BCUT2D eigenvalue weighted by atomic mass is 10.3. The summed E-state index contributed by atoms with van der Waals surface area (Å²) in [6.45, 7) is 0. The summed E-state index contributed by atoms with van der Waals surface area (Å²) in [6.07, 6.45) is 5.23. The molecule has 6 nitrogen and oxygen atoms in total. The van der Waals surface area contributed by atoms with Crippen LogP contribution in [-0.4, -0.2) is 25.0 Å². The van der Waals surface area contributed by atoms with Gasteiger partial charge in [0.1, 0.15) is 11.6 Å². The van der Waals surface area contributed by atoms with Crippen LogP contribution in [0.5, 0.6) is 0 Å². The molecular formula is C10H10N6. The molecule has 3 heterocycles. The van der Waals surface area contributed by atoms with Gasteiger partial charge in [-0.15, -0.1) is 0 Å². The third kappa shape index (κ3) is 1.31. The SMILES string of the molecule is Cn1ncc2c(Nc3ccn[nH]3)nccc21. The second-order valence-electron chi connectivity index (χ2n) is 3.46. The zero-order valence-electron chi connectivity index (χ0n) is 8.68. The van der Waals surface area contributed by atoms with Gasteiger partial charge in [0.2, 0.25) is 0 Å². The smallest absolute Gasteiger partial charge is 0.142 e. The van der Waals surface area contributed by atoms with Gasteiger partial charge in [-0.1, -0.05) is 0 Å². The van der Waals surface area contributed by atoms with Crippen molar-refractivity contribution in [1.29, 1.82) is 0 Å². The van der Waals surface area contributed by atoms with Crippen LogP contribution < -0.4 is 5.32 Å². The molecule has 6 heteroatoms. The maximum absolute atomic E-state index is 4.28. The number of pyridine rings is 1. The number of aromatic nitrogens is 5. The molecule has 3 aromatic rings. The predicted octanol–water partition coefficient (Wildman–Crippen LogP) is 1.43. The first kappa shape index (κ1) is 8.90. The van der Waals surface area contributed by atoms with E-state index in [2.05, 4.69) is 25.6 Å². The Balaban J connectivity index is 2.10. The van der Waals surface area contributed by atoms with Crippen LogP contribution in [0.1, 0.15) is 0 Å². The van der Waals surface area contributed by atoms with E-state index >= 15 is 0 Å². The number of fused-ring (bicyclic) bond motifs is 1. The highest BCUT2D eigenvalue weighted by molar-refractivity contribution is 5.90. The van der Waals surface area contributed by atoms with Crippen molar-refractivity contribution in [3.8, 4) is 0 Å². The molecule has 0 aliphatic carbocycles. The Kier molecular flexibility index (Phi) is 1.86. The number of aryl methyl sites for hydroxylation is 1. The van der Waals surface area contributed by atoms with Gasteiger partial charge in [-0.3, -0.25) is 9.78 Å². The van der Waals surface area contributed by atoms with Crippen LogP contribution in [0.25, 0.3) is 10.9 Å². The van der Waals surface area contributed by atoms with Crippen molar-refractivity contribution in [3.63, 3.8) is 0 Å². The highest BCUT2D eigenvalue weighted by Gasteiger charge is 2.06. The standard InChI is InChI=1S/C10H10N6/c1-16-8-2-4-11-10(7(8)6-13-16)14-9-3-5-12-15-9/h2-6H,1H3,(H2,11,12,14,15). The largest absolute Gasteiger partial charge is 0.325 e. The van der Waals surface area contributed by atoms with Crippen molar-refractivity contribution in [3.05, 3.63) is 30.7 Å². The van der Waals surface area contributed by atoms with Gasteiger partial charge in [0.15, 0.2) is 0 Å². The van der Waals surface area contributed by atoms with Gasteiger partial charge >= 0.3 is 0 Å². The van der Waals surface area contributed by atoms with E-state index in [1.54, 1.807) is 18.6 Å². The van der Waals surface area contributed by atoms with E-state index in [1.165, 1.54) is 0 Å². The number of aromatic amines is 1. The third-order valence-electron chi connectivity index (χ3n) is 2.43. The monoisotopic (exact) mass is 214 g/mol. The Hall–Kier alpha value is -2.37. The van der Waals surface area contributed by atoms with Gasteiger partial charge < -0.3 is 5.32 Å². The first-order valence-corrected chi connectivity index (χ1v) is 4.88. The quantitative estimate of drug-likeness (QED) is 0.677. The minimum Gasteiger partial charge on any atom is -0.325 e. The van der Waals surface area contributed by atoms with E-state index in [1.807, 2.05) is 23.9 Å². The molecule has 0 atom stereocenters. The predicted molar refractivity (Wildman–Crippen MR) is 60.4 cm³/mol. The normalized spacial score (nSPS) is 10.8. The number of nitrogens with one attached hydrogen (secondary N) is 2. The molecule has 0 aliphatic rings. The Bertz CT molecular complexity index is 609. The fourth-order valence-electron chi connectivity index (χ4n) is 1.63. The lowest BCUT2D eigenvalue weighted by molar-refractivity contribution is 0.797. The highest BCUT2D eigenvalue weighted by Crippen LogP contribution is 2.22. The van der Waals surface area contributed by atoms with E-state index in [9.17, 15) is 0 Å². The molecule has 0 spiro atoms. The van der Waals surface area contributed by atoms with Gasteiger partial charge in [0, 0.05) is 19.3 Å². The third-order valence-corrected chi connectivity index (χ3v) is 2.43. The number of hydrogen-bond acceptors (Lipinski definition) is 4. The van der Waals surface area contributed by atoms with Crippen molar-refractivity contribution in [2.24, 2.45) is 7.05 Å². The molecule has 2 N–H and O–H groups in total. The van der Waals surface area contributed by atoms with Crippen molar-refractivity contribution in [2.45, 2.75) is 0 Å². The lowest BCUT2D eigenvalue weighted by Gasteiger charge is -2.03. The van der Waals surface area contributed by atoms with Crippen molar-refractivity contribution in [1.82, 2.24) is 25.0 Å². The van der Waals surface area contributed by atoms with E-state index in [4.69, 9.17) is 0 Å². The van der Waals surface area contributed by atoms with Crippen LogP contribution in [0.4, 0.5) is 11.6 Å². The van der Waals surface area contributed by atoms with Crippen molar-refractivity contribution >= 4 is 22.5 Å². The van der Waals surface area contributed by atoms with Crippen LogP contribution in [0.15, 0.2) is 30.7 Å². The molecule has 3 aromatic heterocycles. The summed E-state index contributed by atoms with van der Waals surface area (Å²) in [5.74, 6) is 1.58. The number of hydrogen-bond donors (Lipinski definition) is 2. The van der Waals surface area contributed by atoms with E-state index in [0.29, 0.717) is 0 Å². The number of nitrogens with zero attached hydrogens (tertiary/aromatic N) is 4. The summed E-state index contributed by atoms with van der Waals surface area (Å²) in [7, 11) is 1.91. The second kappa shape index (κ2) is 3.34. The maximum atomic E-state index is 4.28. The first-order chi connectivity index (χ1) is 7.84. The Morgan fingerprint density at radius 1 is 1.31 bits per heavy atom. The molecule has 80 valence electrons. The van der Waals surface area contributed by atoms with Crippen LogP contribution >= 0.6 is 0 Å². The molecule has 0 saturated heterocycles. The molecule has 0 aliphatic heterocycles. The summed E-state index contributed by atoms with van der Waals surface area (Å²) >= 11 is 0. The molecule has 0 saturated carbocycles. The number of anilines is 2. The van der Waals surface area contributed by atoms with Crippen LogP contribution in [-0.2, 0) is 7.05 Å². The molecule has 16 heavy (non-hydrogen) atoms. The Morgan fingerprint density at radius 2 is 2.25 bits per heavy atom. The molecule has 0 fully saturated rings. The minimum atomic E-state index is 0.773. The lowest BCUT2D eigenvalue weighted by Crippen LogP contribution is -1.95. The van der Waals surface area contributed by atoms with Crippen molar-refractivity contribution < 1.29 is 0 Å². The summed E-state index contributed by atoms with van der Waals surface area (Å²) in [6, 6.07) is 3.78. The number of rotatable bonds is 2. The highest BCUT2D eigenvalue weighted by atomic mass is 15.3. The molecule has 0 bridgehead atoms. The number of H-pyrrole nitrogens is 1. The fourth-order valence-corrected chi connectivity index (χ4v) is 1.63. The molecule has 0 radical (unpaired) electrons. The van der Waals surface area contributed by atoms with Gasteiger partial charge in [-0.25, -0.2) is 4.98 Å². The molecular weight excluding hydrogens is 204 g/mol. The topological polar surface area (TPSA) is 71.4 Å². The summed E-state index contributed by atoms with van der Waals surface area (Å²) in [5, 5.41) is 15.0. The molecule has 0 unspecified atom stereocenters. The molecule has 0 amide bonds. The van der Waals surface area contributed by atoms with Crippen LogP contribution in [0.2, 0.25) is 0 Å². The van der Waals surface area contributed by atoms with Gasteiger partial charge in [0.05, 0.1) is 23.3 Å². The average Bonchev–Trinajstić information content (AvgIpc) is 2.90. The Morgan fingerprint density at radius 3 is 3.06 bits per heavy atom. The van der Waals surface area contributed by atoms with Crippen molar-refractivity contribution in [2.75, 3.05) is 5.32 Å². The summed E-state index contributed by atoms with van der Waals surface area (Å²) in [5.41, 5.74) is 1.04. The van der Waals surface area contributed by atoms with Crippen LogP contribution in [0, 0.1) is 0 Å². The summed E-state index contributed by atoms with van der Waals surface area (Å²) < 4.78 is 1.81. The van der Waals surface area contributed by atoms with Gasteiger partial charge in [-0.2, -0.15) is 10.2 Å². The van der Waals surface area contributed by atoms with Gasteiger partial charge in [0.25, 0.3) is 0 Å². The first-order valence-electron chi connectivity index (χ1n) is 4.88. The van der Waals surface area contributed by atoms with E-state index in [-0.39, 0.29) is 0 Å². The second-order valence-corrected chi connectivity index (χ2v) is 3.46. The maximum Gasteiger partial charge on any atom is 0.142 e. The van der Waals surface area contributed by atoms with E-state index in [0.717, 1.165) is 22.5 Å². The minimum absolute atomic E-state index is 0.773. The van der Waals surface area contributed by atoms with Gasteiger partial charge in [-0.05, 0) is 6.07 Å². The molecule has 0 aromatic carbocycles. The zero-order chi connectivity index (χ0) is 11.0. The molecule has 3 rings (SSSR count). The van der Waals surface area contributed by atoms with E-state index < -0.39 is 0 Å². The fraction of sp³-hybridized carbons (Fsp3) is 0.100. The Labute approximate surface area is 91.3 Å². The zero-order valence-corrected chi connectivity index (χ0v) is 8.68. The average molecular weight is 214 g/mol. The summed E-state index contributed by atoms with van der Waals surface area (Å²) in [4.78, 5) is 4.28.